The van der Waals surface area contributed by atoms with Crippen LogP contribution in [0.25, 0.3) is 10.1 Å². The zero-order valence-electron chi connectivity index (χ0n) is 6.75. The van der Waals surface area contributed by atoms with Crippen LogP contribution in [0.1, 0.15) is 10.4 Å². The van der Waals surface area contributed by atoms with Gasteiger partial charge in [0.15, 0.2) is 0 Å². The molecule has 2 rings (SSSR count). The third-order valence-corrected chi connectivity index (χ3v) is 3.27. The molecule has 1 heterocycles. The molecule has 0 spiro atoms. The molecule has 0 fully saturated rings. The molecule has 0 bridgehead atoms. The highest BCUT2D eigenvalue weighted by Gasteiger charge is 2.12. The summed E-state index contributed by atoms with van der Waals surface area (Å²) in [5, 5.41) is 11.1. The van der Waals surface area contributed by atoms with Gasteiger partial charge < -0.3 is 5.11 Å². The molecule has 5 heteroatoms. The van der Waals surface area contributed by atoms with Crippen LogP contribution in [-0.2, 0) is 0 Å². The fraction of sp³-hybridized carbons (Fsp3) is 0. The summed E-state index contributed by atoms with van der Waals surface area (Å²) in [4.78, 5) is 10.6. The van der Waals surface area contributed by atoms with Crippen molar-refractivity contribution >= 4 is 39.0 Å². The third kappa shape index (κ3) is 1.36. The standard InChI is InChI=1S/C9H4ClFO2S/c10-6-3-14-8-5(6)1-4(9(12)13)2-7(8)11/h1-3H,(H,12,13). The van der Waals surface area contributed by atoms with Gasteiger partial charge in [-0.2, -0.15) is 0 Å². The van der Waals surface area contributed by atoms with E-state index in [0.29, 0.717) is 15.1 Å². The molecule has 0 saturated carbocycles. The molecule has 0 aliphatic rings. The smallest absolute Gasteiger partial charge is 0.335 e. The van der Waals surface area contributed by atoms with Crippen molar-refractivity contribution in [1.82, 2.24) is 0 Å². The van der Waals surface area contributed by atoms with E-state index in [9.17, 15) is 9.18 Å². The van der Waals surface area contributed by atoms with Crippen molar-refractivity contribution < 1.29 is 14.3 Å². The van der Waals surface area contributed by atoms with Gasteiger partial charge in [-0.25, -0.2) is 9.18 Å². The summed E-state index contributed by atoms with van der Waals surface area (Å²) in [7, 11) is 0. The Bertz CT molecular complexity index is 521. The van der Waals surface area contributed by atoms with Crippen LogP contribution in [-0.4, -0.2) is 11.1 Å². The first-order valence-electron chi connectivity index (χ1n) is 3.69. The molecule has 2 nitrogen and oxygen atoms in total. The maximum atomic E-state index is 13.3. The largest absolute Gasteiger partial charge is 0.478 e. The van der Waals surface area contributed by atoms with Crippen molar-refractivity contribution in [2.75, 3.05) is 0 Å². The Kier molecular flexibility index (Phi) is 2.17. The van der Waals surface area contributed by atoms with Crippen LogP contribution in [0.5, 0.6) is 0 Å². The predicted octanol–water partition coefficient (Wildman–Crippen LogP) is 3.39. The van der Waals surface area contributed by atoms with Crippen LogP contribution >= 0.6 is 22.9 Å². The van der Waals surface area contributed by atoms with E-state index in [2.05, 4.69) is 0 Å². The fourth-order valence-electron chi connectivity index (χ4n) is 1.19. The number of hydrogen-bond acceptors (Lipinski definition) is 2. The normalized spacial score (nSPS) is 10.7. The molecule has 2 aromatic rings. The number of fused-ring (bicyclic) bond motifs is 1. The third-order valence-electron chi connectivity index (χ3n) is 1.83. The van der Waals surface area contributed by atoms with Gasteiger partial charge in [0.25, 0.3) is 0 Å². The predicted molar refractivity (Wildman–Crippen MR) is 53.8 cm³/mol. The molecule has 1 aromatic carbocycles. The maximum Gasteiger partial charge on any atom is 0.335 e. The second-order valence-electron chi connectivity index (χ2n) is 2.72. The van der Waals surface area contributed by atoms with Gasteiger partial charge in [0.2, 0.25) is 0 Å². The minimum absolute atomic E-state index is 0.0877. The first kappa shape index (κ1) is 9.43. The molecule has 72 valence electrons. The van der Waals surface area contributed by atoms with E-state index >= 15 is 0 Å². The van der Waals surface area contributed by atoms with Gasteiger partial charge in [-0.3, -0.25) is 0 Å². The zero-order chi connectivity index (χ0) is 10.3. The second-order valence-corrected chi connectivity index (χ2v) is 4.01. The highest BCUT2D eigenvalue weighted by molar-refractivity contribution is 7.17. The second kappa shape index (κ2) is 3.22. The summed E-state index contributed by atoms with van der Waals surface area (Å²) >= 11 is 6.93. The van der Waals surface area contributed by atoms with Gasteiger partial charge in [-0.1, -0.05) is 11.6 Å². The van der Waals surface area contributed by atoms with E-state index in [1.165, 1.54) is 6.07 Å². The summed E-state index contributed by atoms with van der Waals surface area (Å²) in [5.74, 6) is -1.70. The average Bonchev–Trinajstić information content (AvgIpc) is 2.48. The number of carboxylic acids is 1. The number of hydrogen-bond donors (Lipinski definition) is 1. The quantitative estimate of drug-likeness (QED) is 0.815. The maximum absolute atomic E-state index is 13.3. The summed E-state index contributed by atoms with van der Waals surface area (Å²) in [6.07, 6.45) is 0. The van der Waals surface area contributed by atoms with Gasteiger partial charge in [-0.05, 0) is 12.1 Å². The Morgan fingerprint density at radius 2 is 2.21 bits per heavy atom. The van der Waals surface area contributed by atoms with E-state index in [-0.39, 0.29) is 5.56 Å². The summed E-state index contributed by atoms with van der Waals surface area (Å²) in [5.41, 5.74) is -0.0877. The van der Waals surface area contributed by atoms with E-state index < -0.39 is 11.8 Å². The Labute approximate surface area is 87.5 Å². The van der Waals surface area contributed by atoms with Crippen molar-refractivity contribution in [1.29, 1.82) is 0 Å². The molecule has 1 N–H and O–H groups in total. The van der Waals surface area contributed by atoms with Gasteiger partial charge in [0.1, 0.15) is 5.82 Å². The molecule has 0 atom stereocenters. The van der Waals surface area contributed by atoms with Gasteiger partial charge in [0, 0.05) is 10.8 Å². The van der Waals surface area contributed by atoms with Crippen molar-refractivity contribution in [2.45, 2.75) is 0 Å². The lowest BCUT2D eigenvalue weighted by Crippen LogP contribution is -1.96. The zero-order valence-corrected chi connectivity index (χ0v) is 8.32. The number of rotatable bonds is 1. The van der Waals surface area contributed by atoms with Gasteiger partial charge in [0.05, 0.1) is 15.3 Å². The van der Waals surface area contributed by atoms with Crippen LogP contribution < -0.4 is 0 Å². The van der Waals surface area contributed by atoms with Gasteiger partial charge >= 0.3 is 5.97 Å². The molecule has 0 unspecified atom stereocenters. The van der Waals surface area contributed by atoms with E-state index in [1.54, 1.807) is 5.38 Å². The summed E-state index contributed by atoms with van der Waals surface area (Å²) in [6, 6.07) is 2.37. The molecule has 0 aliphatic carbocycles. The molecular formula is C9H4ClFO2S. The fourth-order valence-corrected chi connectivity index (χ4v) is 2.34. The lowest BCUT2D eigenvalue weighted by atomic mass is 10.1. The Hall–Kier alpha value is -1.13. The number of thiophene rings is 1. The Balaban J connectivity index is 2.82. The van der Waals surface area contributed by atoms with Crippen LogP contribution in [0, 0.1) is 5.82 Å². The summed E-state index contributed by atoms with van der Waals surface area (Å²) in [6.45, 7) is 0. The van der Waals surface area contributed by atoms with E-state index in [0.717, 1.165) is 17.4 Å². The SMILES string of the molecule is O=C(O)c1cc(F)c2scc(Cl)c2c1. The minimum Gasteiger partial charge on any atom is -0.478 e. The molecule has 14 heavy (non-hydrogen) atoms. The van der Waals surface area contributed by atoms with Crippen molar-refractivity contribution in [3.63, 3.8) is 0 Å². The topological polar surface area (TPSA) is 37.3 Å². The van der Waals surface area contributed by atoms with E-state index in [4.69, 9.17) is 16.7 Å². The van der Waals surface area contributed by atoms with Crippen LogP contribution in [0.15, 0.2) is 17.5 Å². The molecule has 0 saturated heterocycles. The van der Waals surface area contributed by atoms with E-state index in [1.807, 2.05) is 0 Å². The van der Waals surface area contributed by atoms with Gasteiger partial charge in [-0.15, -0.1) is 11.3 Å². The van der Waals surface area contributed by atoms with Crippen molar-refractivity contribution in [2.24, 2.45) is 0 Å². The van der Waals surface area contributed by atoms with Crippen molar-refractivity contribution in [3.8, 4) is 0 Å². The highest BCUT2D eigenvalue weighted by atomic mass is 35.5. The molecule has 1 aromatic heterocycles. The average molecular weight is 231 g/mol. The molecular weight excluding hydrogens is 227 g/mol. The van der Waals surface area contributed by atoms with Crippen molar-refractivity contribution in [3.05, 3.63) is 33.9 Å². The lowest BCUT2D eigenvalue weighted by Gasteiger charge is -1.97. The first-order chi connectivity index (χ1) is 6.59. The Morgan fingerprint density at radius 3 is 2.86 bits per heavy atom. The number of benzene rings is 1. The Morgan fingerprint density at radius 1 is 1.50 bits per heavy atom. The number of carboxylic acid groups (broad SMARTS) is 1. The van der Waals surface area contributed by atoms with Crippen LogP contribution in [0.2, 0.25) is 5.02 Å². The highest BCUT2D eigenvalue weighted by Crippen LogP contribution is 2.32. The lowest BCUT2D eigenvalue weighted by molar-refractivity contribution is 0.0696. The molecule has 0 aliphatic heterocycles. The number of aromatic carboxylic acids is 1. The molecule has 0 radical (unpaired) electrons. The number of halogens is 2. The summed E-state index contributed by atoms with van der Waals surface area (Å²) < 4.78 is 13.7. The number of carbonyl (C=O) groups is 1. The first-order valence-corrected chi connectivity index (χ1v) is 4.95. The molecule has 0 amide bonds. The monoisotopic (exact) mass is 230 g/mol. The van der Waals surface area contributed by atoms with Crippen LogP contribution in [0.3, 0.4) is 0 Å². The minimum atomic E-state index is -1.16. The van der Waals surface area contributed by atoms with Crippen LogP contribution in [0.4, 0.5) is 4.39 Å².